The van der Waals surface area contributed by atoms with Crippen molar-refractivity contribution in [3.8, 4) is 0 Å². The lowest BCUT2D eigenvalue weighted by atomic mass is 10.1. The molecule has 94 valence electrons. The Morgan fingerprint density at radius 2 is 2.00 bits per heavy atom. The van der Waals surface area contributed by atoms with Gasteiger partial charge in [0.1, 0.15) is 0 Å². The van der Waals surface area contributed by atoms with E-state index < -0.39 is 0 Å². The summed E-state index contributed by atoms with van der Waals surface area (Å²) in [7, 11) is 0. The summed E-state index contributed by atoms with van der Waals surface area (Å²) < 4.78 is 2.27. The highest BCUT2D eigenvalue weighted by Crippen LogP contribution is 2.20. The second kappa shape index (κ2) is 4.91. The van der Waals surface area contributed by atoms with Crippen LogP contribution in [0, 0.1) is 12.8 Å². The van der Waals surface area contributed by atoms with Crippen LogP contribution in [0.1, 0.15) is 45.9 Å². The smallest absolute Gasteiger partial charge is 0.0361 e. The Labute approximate surface area is 105 Å². The first kappa shape index (κ1) is 13.8. The number of aliphatic imine (C=N–C) groups is 1. The zero-order chi connectivity index (χ0) is 13.2. The lowest BCUT2D eigenvalue weighted by Gasteiger charge is -2.23. The minimum Gasteiger partial charge on any atom is -0.346 e. The summed E-state index contributed by atoms with van der Waals surface area (Å²) in [5.41, 5.74) is 3.46. The van der Waals surface area contributed by atoms with Gasteiger partial charge in [-0.3, -0.25) is 4.99 Å². The molecule has 0 unspecified atom stereocenters. The standard InChI is InChI=1S/C15H24N2/c1-11(2)12(3)16-10-14-8-9-17(13(14)4)15(5,6)7/h8-11H,3H2,1-2,4-7H3/b16-10-. The molecular weight excluding hydrogens is 208 g/mol. The quantitative estimate of drug-likeness (QED) is 0.697. The molecule has 0 radical (unpaired) electrons. The normalized spacial score (nSPS) is 12.6. The average Bonchev–Trinajstić information content (AvgIpc) is 2.55. The van der Waals surface area contributed by atoms with Gasteiger partial charge in [-0.15, -0.1) is 0 Å². The number of aromatic nitrogens is 1. The summed E-state index contributed by atoms with van der Waals surface area (Å²) in [6, 6.07) is 2.11. The SMILES string of the molecule is C=C(/N=C\c1ccn(C(C)(C)C)c1C)C(C)C. The molecule has 1 aromatic rings. The molecule has 0 N–H and O–H groups in total. The lowest BCUT2D eigenvalue weighted by Crippen LogP contribution is -2.22. The Kier molecular flexibility index (Phi) is 3.97. The van der Waals surface area contributed by atoms with Crippen molar-refractivity contribution in [3.05, 3.63) is 35.8 Å². The van der Waals surface area contributed by atoms with Crippen LogP contribution in [-0.2, 0) is 5.54 Å². The topological polar surface area (TPSA) is 17.3 Å². The van der Waals surface area contributed by atoms with Gasteiger partial charge < -0.3 is 4.57 Å². The molecule has 0 spiro atoms. The van der Waals surface area contributed by atoms with Crippen molar-refractivity contribution in [2.45, 2.75) is 47.1 Å². The molecule has 0 bridgehead atoms. The molecule has 1 rings (SSSR count). The molecular formula is C15H24N2. The van der Waals surface area contributed by atoms with E-state index in [1.165, 1.54) is 11.3 Å². The van der Waals surface area contributed by atoms with Crippen molar-refractivity contribution in [1.82, 2.24) is 4.57 Å². The van der Waals surface area contributed by atoms with E-state index in [9.17, 15) is 0 Å². The Bertz CT molecular complexity index is 428. The van der Waals surface area contributed by atoms with Gasteiger partial charge in [0.15, 0.2) is 0 Å². The summed E-state index contributed by atoms with van der Waals surface area (Å²) in [6.45, 7) is 16.9. The Hall–Kier alpha value is -1.31. The van der Waals surface area contributed by atoms with Gasteiger partial charge in [-0.05, 0) is 39.7 Å². The molecule has 17 heavy (non-hydrogen) atoms. The van der Waals surface area contributed by atoms with Crippen LogP contribution in [0.25, 0.3) is 0 Å². The van der Waals surface area contributed by atoms with Gasteiger partial charge in [-0.1, -0.05) is 20.4 Å². The summed E-state index contributed by atoms with van der Waals surface area (Å²) in [4.78, 5) is 4.42. The van der Waals surface area contributed by atoms with E-state index in [0.29, 0.717) is 5.92 Å². The van der Waals surface area contributed by atoms with E-state index in [-0.39, 0.29) is 5.54 Å². The molecule has 0 aromatic carbocycles. The van der Waals surface area contributed by atoms with Gasteiger partial charge in [0, 0.05) is 34.9 Å². The van der Waals surface area contributed by atoms with Crippen molar-refractivity contribution in [2.24, 2.45) is 10.9 Å². The minimum atomic E-state index is 0.116. The summed E-state index contributed by atoms with van der Waals surface area (Å²) >= 11 is 0. The van der Waals surface area contributed by atoms with Gasteiger partial charge >= 0.3 is 0 Å². The zero-order valence-electron chi connectivity index (χ0n) is 11.9. The van der Waals surface area contributed by atoms with E-state index in [1.54, 1.807) is 0 Å². The molecule has 0 saturated carbocycles. The minimum absolute atomic E-state index is 0.116. The first-order chi connectivity index (χ1) is 7.73. The van der Waals surface area contributed by atoms with Crippen molar-refractivity contribution in [3.63, 3.8) is 0 Å². The highest BCUT2D eigenvalue weighted by molar-refractivity contribution is 5.82. The predicted molar refractivity (Wildman–Crippen MR) is 75.7 cm³/mol. The molecule has 0 atom stereocenters. The molecule has 0 aliphatic heterocycles. The van der Waals surface area contributed by atoms with Crippen molar-refractivity contribution >= 4 is 6.21 Å². The Morgan fingerprint density at radius 3 is 2.41 bits per heavy atom. The lowest BCUT2D eigenvalue weighted by molar-refractivity contribution is 0.391. The molecule has 0 aliphatic rings. The maximum atomic E-state index is 4.42. The molecule has 2 heteroatoms. The van der Waals surface area contributed by atoms with Gasteiger partial charge in [-0.25, -0.2) is 0 Å². The second-order valence-corrected chi connectivity index (χ2v) is 5.80. The van der Waals surface area contributed by atoms with E-state index >= 15 is 0 Å². The van der Waals surface area contributed by atoms with E-state index in [0.717, 1.165) is 5.70 Å². The zero-order valence-corrected chi connectivity index (χ0v) is 11.9. The largest absolute Gasteiger partial charge is 0.346 e. The molecule has 2 nitrogen and oxygen atoms in total. The van der Waals surface area contributed by atoms with Crippen LogP contribution in [0.3, 0.4) is 0 Å². The van der Waals surface area contributed by atoms with Crippen LogP contribution in [0.2, 0.25) is 0 Å². The average molecular weight is 232 g/mol. The summed E-state index contributed by atoms with van der Waals surface area (Å²) in [5, 5.41) is 0. The number of hydrogen-bond donors (Lipinski definition) is 0. The molecule has 1 heterocycles. The highest BCUT2D eigenvalue weighted by Gasteiger charge is 2.15. The monoisotopic (exact) mass is 232 g/mol. The van der Waals surface area contributed by atoms with E-state index in [2.05, 4.69) is 69.9 Å². The van der Waals surface area contributed by atoms with Gasteiger partial charge in [0.2, 0.25) is 0 Å². The maximum absolute atomic E-state index is 4.42. The van der Waals surface area contributed by atoms with E-state index in [1.807, 2.05) is 6.21 Å². The second-order valence-electron chi connectivity index (χ2n) is 5.80. The Morgan fingerprint density at radius 1 is 1.41 bits per heavy atom. The van der Waals surface area contributed by atoms with E-state index in [4.69, 9.17) is 0 Å². The fraction of sp³-hybridized carbons (Fsp3) is 0.533. The highest BCUT2D eigenvalue weighted by atomic mass is 15.0. The van der Waals surface area contributed by atoms with Crippen molar-refractivity contribution in [1.29, 1.82) is 0 Å². The fourth-order valence-electron chi connectivity index (χ4n) is 1.69. The van der Waals surface area contributed by atoms with Crippen LogP contribution in [-0.4, -0.2) is 10.8 Å². The molecule has 0 aliphatic carbocycles. The predicted octanol–water partition coefficient (Wildman–Crippen LogP) is 4.14. The summed E-state index contributed by atoms with van der Waals surface area (Å²) in [5.74, 6) is 0.399. The van der Waals surface area contributed by atoms with Crippen molar-refractivity contribution < 1.29 is 0 Å². The van der Waals surface area contributed by atoms with Gasteiger partial charge in [0.05, 0.1) is 0 Å². The third-order valence-corrected chi connectivity index (χ3v) is 2.94. The van der Waals surface area contributed by atoms with Crippen LogP contribution in [0.4, 0.5) is 0 Å². The van der Waals surface area contributed by atoms with Crippen LogP contribution in [0.5, 0.6) is 0 Å². The first-order valence-corrected chi connectivity index (χ1v) is 6.14. The summed E-state index contributed by atoms with van der Waals surface area (Å²) in [6.07, 6.45) is 4.04. The molecule has 0 amide bonds. The fourth-order valence-corrected chi connectivity index (χ4v) is 1.69. The molecule has 0 saturated heterocycles. The van der Waals surface area contributed by atoms with Gasteiger partial charge in [-0.2, -0.15) is 0 Å². The number of allylic oxidation sites excluding steroid dienone is 1. The van der Waals surface area contributed by atoms with Crippen molar-refractivity contribution in [2.75, 3.05) is 0 Å². The Balaban J connectivity index is 2.96. The molecule has 1 aromatic heterocycles. The van der Waals surface area contributed by atoms with Gasteiger partial charge in [0.25, 0.3) is 0 Å². The number of hydrogen-bond acceptors (Lipinski definition) is 1. The van der Waals surface area contributed by atoms with Crippen LogP contribution in [0.15, 0.2) is 29.5 Å². The number of nitrogens with zero attached hydrogens (tertiary/aromatic N) is 2. The third kappa shape index (κ3) is 3.32. The molecule has 0 fully saturated rings. The number of rotatable bonds is 3. The van der Waals surface area contributed by atoms with Crippen LogP contribution >= 0.6 is 0 Å². The maximum Gasteiger partial charge on any atom is 0.0361 e. The first-order valence-electron chi connectivity index (χ1n) is 6.14. The van der Waals surface area contributed by atoms with Crippen LogP contribution < -0.4 is 0 Å². The third-order valence-electron chi connectivity index (χ3n) is 2.94.